The van der Waals surface area contributed by atoms with Gasteiger partial charge in [-0.3, -0.25) is 9.59 Å². The lowest BCUT2D eigenvalue weighted by molar-refractivity contribution is -0.189. The molecule has 0 saturated carbocycles. The fraction of sp³-hybridized carbons (Fsp3) is 0.684. The largest absolute Gasteiger partial charge is 0.451 e. The molecule has 2 amide bonds. The van der Waals surface area contributed by atoms with Crippen molar-refractivity contribution in [2.45, 2.75) is 56.8 Å². The molecule has 2 atom stereocenters. The van der Waals surface area contributed by atoms with E-state index in [9.17, 15) is 49.1 Å². The van der Waals surface area contributed by atoms with E-state index in [1.807, 2.05) is 0 Å². The highest BCUT2D eigenvalue weighted by Gasteiger charge is 2.45. The second-order valence-electron chi connectivity index (χ2n) is 8.42. The topological polar surface area (TPSA) is 92.4 Å². The number of amides is 2. The quantitative estimate of drug-likeness (QED) is 0.616. The monoisotopic (exact) mass is 521 g/mol. The molecule has 0 aliphatic carbocycles. The first-order chi connectivity index (χ1) is 16.0. The zero-order valence-corrected chi connectivity index (χ0v) is 17.9. The zero-order valence-electron chi connectivity index (χ0n) is 17.9. The van der Waals surface area contributed by atoms with E-state index < -0.39 is 91.0 Å². The zero-order chi connectivity index (χ0) is 26.3. The molecule has 0 radical (unpaired) electrons. The Bertz CT molecular complexity index is 977. The lowest BCUT2D eigenvalue weighted by atomic mass is 9.96. The number of carbonyl (C=O) groups is 2. The van der Waals surface area contributed by atoms with Gasteiger partial charge in [-0.25, -0.2) is 9.97 Å². The van der Waals surface area contributed by atoms with E-state index in [1.54, 1.807) is 0 Å². The molecular formula is C19H20F9N5O2. The van der Waals surface area contributed by atoms with Crippen LogP contribution in [0, 0.1) is 5.92 Å². The number of nitrogens with zero attached hydrogens (tertiary/aromatic N) is 4. The summed E-state index contributed by atoms with van der Waals surface area (Å²) in [6.07, 6.45) is -16.6. The van der Waals surface area contributed by atoms with Gasteiger partial charge in [-0.1, -0.05) is 0 Å². The van der Waals surface area contributed by atoms with Crippen LogP contribution in [0.15, 0.2) is 0 Å². The normalized spacial score (nSPS) is 20.6. The van der Waals surface area contributed by atoms with Gasteiger partial charge in [0, 0.05) is 44.1 Å². The van der Waals surface area contributed by atoms with E-state index in [0.29, 0.717) is 0 Å². The van der Waals surface area contributed by atoms with Crippen molar-refractivity contribution in [1.29, 1.82) is 0 Å². The first-order valence-corrected chi connectivity index (χ1v) is 10.4. The molecular weight excluding hydrogens is 501 g/mol. The average molecular weight is 521 g/mol. The highest BCUT2D eigenvalue weighted by atomic mass is 19.4. The lowest BCUT2D eigenvalue weighted by Gasteiger charge is -2.35. The fourth-order valence-corrected chi connectivity index (χ4v) is 4.06. The van der Waals surface area contributed by atoms with Crippen LogP contribution in [0.4, 0.5) is 39.5 Å². The Kier molecular flexibility index (Phi) is 7.26. The second-order valence-corrected chi connectivity index (χ2v) is 8.42. The molecule has 1 fully saturated rings. The molecule has 1 aromatic heterocycles. The van der Waals surface area contributed by atoms with Crippen molar-refractivity contribution < 1.29 is 49.1 Å². The van der Waals surface area contributed by atoms with Gasteiger partial charge in [-0.2, -0.15) is 39.5 Å². The standard InChI is InChI=1S/C19H20F9N5O2/c20-17(21,22)9-1-2-13(34)33(6-9)7-10(29)5-14(35)32-4-3-11-12(8-32)30-16(19(26,27)28)31-15(11)18(23,24)25/h9-10H,1-8,29H2/t9?,10-/m0/s1. The van der Waals surface area contributed by atoms with E-state index in [0.717, 1.165) is 9.80 Å². The average Bonchev–Trinajstić information content (AvgIpc) is 2.71. The molecule has 0 bridgehead atoms. The summed E-state index contributed by atoms with van der Waals surface area (Å²) in [5, 5.41) is 0. The first-order valence-electron chi connectivity index (χ1n) is 10.4. The lowest BCUT2D eigenvalue weighted by Crippen LogP contribution is -2.50. The number of rotatable bonds is 4. The summed E-state index contributed by atoms with van der Waals surface area (Å²) in [6.45, 7) is -1.91. The van der Waals surface area contributed by atoms with Crippen molar-refractivity contribution in [3.63, 3.8) is 0 Å². The third kappa shape index (κ3) is 6.32. The summed E-state index contributed by atoms with van der Waals surface area (Å²) in [5.41, 5.74) is 2.97. The van der Waals surface area contributed by atoms with Crippen LogP contribution >= 0.6 is 0 Å². The molecule has 1 unspecified atom stereocenters. The molecule has 16 heteroatoms. The predicted molar refractivity (Wildman–Crippen MR) is 99.1 cm³/mol. The molecule has 35 heavy (non-hydrogen) atoms. The van der Waals surface area contributed by atoms with Crippen molar-refractivity contribution >= 4 is 11.8 Å². The van der Waals surface area contributed by atoms with Gasteiger partial charge in [0.15, 0.2) is 5.69 Å². The van der Waals surface area contributed by atoms with Crippen molar-refractivity contribution in [1.82, 2.24) is 19.8 Å². The number of piperidine rings is 1. The summed E-state index contributed by atoms with van der Waals surface area (Å²) < 4.78 is 118. The highest BCUT2D eigenvalue weighted by molar-refractivity contribution is 5.78. The SMILES string of the molecule is N[C@@H](CC(=O)N1CCc2c(nc(C(F)(F)F)nc2C(F)(F)F)C1)CN1CC(C(F)(F)F)CCC1=O. The Labute approximate surface area is 192 Å². The van der Waals surface area contributed by atoms with Crippen molar-refractivity contribution in [3.05, 3.63) is 22.8 Å². The molecule has 3 rings (SSSR count). The maximum Gasteiger partial charge on any atom is 0.451 e. The van der Waals surface area contributed by atoms with Gasteiger partial charge >= 0.3 is 18.5 Å². The van der Waals surface area contributed by atoms with E-state index in [2.05, 4.69) is 9.97 Å². The van der Waals surface area contributed by atoms with Gasteiger partial charge in [-0.15, -0.1) is 0 Å². The first kappa shape index (κ1) is 26.9. The summed E-state index contributed by atoms with van der Waals surface area (Å²) in [4.78, 5) is 32.3. The number of fused-ring (bicyclic) bond motifs is 1. The van der Waals surface area contributed by atoms with Crippen LogP contribution in [-0.2, 0) is 34.9 Å². The summed E-state index contributed by atoms with van der Waals surface area (Å²) >= 11 is 0. The minimum Gasteiger partial charge on any atom is -0.341 e. The molecule has 0 aromatic carbocycles. The smallest absolute Gasteiger partial charge is 0.341 e. The molecule has 3 heterocycles. The van der Waals surface area contributed by atoms with Gasteiger partial charge in [0.1, 0.15) is 0 Å². The highest BCUT2D eigenvalue weighted by Crippen LogP contribution is 2.37. The Balaban J connectivity index is 1.70. The molecule has 2 aliphatic rings. The van der Waals surface area contributed by atoms with Crippen LogP contribution in [0.25, 0.3) is 0 Å². The predicted octanol–water partition coefficient (Wildman–Crippen LogP) is 2.92. The number of carbonyl (C=O) groups excluding carboxylic acids is 2. The molecule has 2 N–H and O–H groups in total. The molecule has 1 aromatic rings. The number of nitrogens with two attached hydrogens (primary N) is 1. The summed E-state index contributed by atoms with van der Waals surface area (Å²) in [6, 6.07) is -1.10. The molecule has 1 saturated heterocycles. The maximum atomic E-state index is 13.3. The summed E-state index contributed by atoms with van der Waals surface area (Å²) in [5.74, 6) is -5.03. The van der Waals surface area contributed by atoms with Crippen LogP contribution in [0.5, 0.6) is 0 Å². The molecule has 196 valence electrons. The Hall–Kier alpha value is -2.65. The van der Waals surface area contributed by atoms with Crippen LogP contribution in [0.3, 0.4) is 0 Å². The van der Waals surface area contributed by atoms with Gasteiger partial charge in [0.2, 0.25) is 17.6 Å². The van der Waals surface area contributed by atoms with Crippen LogP contribution in [0.1, 0.15) is 42.0 Å². The molecule has 7 nitrogen and oxygen atoms in total. The Morgan fingerprint density at radius 1 is 1.03 bits per heavy atom. The number of hydrogen-bond donors (Lipinski definition) is 1. The van der Waals surface area contributed by atoms with Gasteiger partial charge in [0.05, 0.1) is 18.2 Å². The van der Waals surface area contributed by atoms with Gasteiger partial charge in [-0.05, 0) is 12.8 Å². The minimum atomic E-state index is -5.25. The summed E-state index contributed by atoms with van der Waals surface area (Å²) in [7, 11) is 0. The fourth-order valence-electron chi connectivity index (χ4n) is 4.06. The second kappa shape index (κ2) is 9.43. The van der Waals surface area contributed by atoms with Crippen molar-refractivity contribution in [2.24, 2.45) is 11.7 Å². The van der Waals surface area contributed by atoms with E-state index in [4.69, 9.17) is 5.73 Å². The Morgan fingerprint density at radius 2 is 1.69 bits per heavy atom. The van der Waals surface area contributed by atoms with E-state index in [-0.39, 0.29) is 25.9 Å². The number of hydrogen-bond acceptors (Lipinski definition) is 5. The minimum absolute atomic E-state index is 0.283. The number of alkyl halides is 9. The third-order valence-corrected chi connectivity index (χ3v) is 5.79. The third-order valence-electron chi connectivity index (χ3n) is 5.79. The Morgan fingerprint density at radius 3 is 2.26 bits per heavy atom. The van der Waals surface area contributed by atoms with Crippen molar-refractivity contribution in [2.75, 3.05) is 19.6 Å². The molecule has 0 spiro atoms. The number of aromatic nitrogens is 2. The van der Waals surface area contributed by atoms with E-state index >= 15 is 0 Å². The van der Waals surface area contributed by atoms with E-state index in [1.165, 1.54) is 0 Å². The van der Waals surface area contributed by atoms with Gasteiger partial charge < -0.3 is 15.5 Å². The van der Waals surface area contributed by atoms with Crippen LogP contribution in [0.2, 0.25) is 0 Å². The molecule has 2 aliphatic heterocycles. The van der Waals surface area contributed by atoms with Crippen molar-refractivity contribution in [3.8, 4) is 0 Å². The maximum absolute atomic E-state index is 13.3. The van der Waals surface area contributed by atoms with Crippen LogP contribution in [-0.4, -0.2) is 63.4 Å². The van der Waals surface area contributed by atoms with Gasteiger partial charge in [0.25, 0.3) is 0 Å². The number of likely N-dealkylation sites (tertiary alicyclic amines) is 1. The number of halogens is 9. The van der Waals surface area contributed by atoms with Crippen LogP contribution < -0.4 is 5.73 Å².